The lowest BCUT2D eigenvalue weighted by molar-refractivity contribution is -0.126. The lowest BCUT2D eigenvalue weighted by atomic mass is 9.96. The van der Waals surface area contributed by atoms with Crippen LogP contribution in [0.1, 0.15) is 26.2 Å². The zero-order valence-corrected chi connectivity index (χ0v) is 16.7. The highest BCUT2D eigenvalue weighted by atomic mass is 32.2. The third-order valence-electron chi connectivity index (χ3n) is 4.55. The molecule has 1 aromatic rings. The van der Waals surface area contributed by atoms with Crippen LogP contribution in [0.4, 0.5) is 0 Å². The van der Waals surface area contributed by atoms with E-state index in [1.165, 1.54) is 0 Å². The first-order chi connectivity index (χ1) is 13.0. The van der Waals surface area contributed by atoms with Crippen LogP contribution in [0.2, 0.25) is 0 Å². The van der Waals surface area contributed by atoms with E-state index in [0.717, 1.165) is 32.4 Å². The summed E-state index contributed by atoms with van der Waals surface area (Å²) in [7, 11) is -3.62. The molecule has 0 radical (unpaired) electrons. The van der Waals surface area contributed by atoms with Crippen molar-refractivity contribution >= 4 is 16.0 Å². The summed E-state index contributed by atoms with van der Waals surface area (Å²) < 4.78 is 34.5. The second-order valence-electron chi connectivity index (χ2n) is 6.62. The van der Waals surface area contributed by atoms with Crippen molar-refractivity contribution in [1.82, 2.24) is 10.2 Å². The van der Waals surface area contributed by atoms with Crippen molar-refractivity contribution in [3.63, 3.8) is 0 Å². The number of benzene rings is 1. The van der Waals surface area contributed by atoms with E-state index in [4.69, 9.17) is 8.92 Å². The Balaban J connectivity index is 1.64. The number of rotatable bonds is 11. The third kappa shape index (κ3) is 8.28. The number of amides is 1. The van der Waals surface area contributed by atoms with E-state index in [-0.39, 0.29) is 17.6 Å². The lowest BCUT2D eigenvalue weighted by Gasteiger charge is -2.31. The first-order valence-corrected chi connectivity index (χ1v) is 11.1. The van der Waals surface area contributed by atoms with Gasteiger partial charge in [-0.05, 0) is 51.4 Å². The van der Waals surface area contributed by atoms with Gasteiger partial charge in [0.2, 0.25) is 5.91 Å². The predicted molar refractivity (Wildman–Crippen MR) is 104 cm³/mol. The van der Waals surface area contributed by atoms with Crippen LogP contribution in [-0.2, 0) is 19.6 Å². The Morgan fingerprint density at radius 2 is 1.93 bits per heavy atom. The smallest absolute Gasteiger partial charge is 0.310 e. The predicted octanol–water partition coefficient (Wildman–Crippen LogP) is 1.65. The van der Waals surface area contributed by atoms with Crippen LogP contribution in [0.25, 0.3) is 0 Å². The Morgan fingerprint density at radius 3 is 2.59 bits per heavy atom. The highest BCUT2D eigenvalue weighted by Gasteiger charge is 2.25. The van der Waals surface area contributed by atoms with Gasteiger partial charge in [0.1, 0.15) is 5.75 Å². The molecule has 0 aromatic heterocycles. The molecule has 1 saturated heterocycles. The Morgan fingerprint density at radius 1 is 1.22 bits per heavy atom. The molecule has 0 unspecified atom stereocenters. The topological polar surface area (TPSA) is 84.9 Å². The fourth-order valence-corrected chi connectivity index (χ4v) is 3.97. The van der Waals surface area contributed by atoms with E-state index in [9.17, 15) is 13.2 Å². The number of ether oxygens (including phenoxy) is 1. The maximum atomic E-state index is 12.2. The van der Waals surface area contributed by atoms with Gasteiger partial charge in [0.05, 0.1) is 5.75 Å². The second kappa shape index (κ2) is 11.3. The number of hydrogen-bond acceptors (Lipinski definition) is 6. The minimum atomic E-state index is -3.62. The Bertz CT molecular complexity index is 658. The number of hydrogen-bond donors (Lipinski definition) is 1. The van der Waals surface area contributed by atoms with Gasteiger partial charge >= 0.3 is 10.1 Å². The van der Waals surface area contributed by atoms with E-state index in [1.807, 2.05) is 6.92 Å². The normalized spacial score (nSPS) is 16.2. The van der Waals surface area contributed by atoms with E-state index in [1.54, 1.807) is 30.3 Å². The van der Waals surface area contributed by atoms with Gasteiger partial charge in [-0.3, -0.25) is 4.79 Å². The molecule has 0 bridgehead atoms. The highest BCUT2D eigenvalue weighted by molar-refractivity contribution is 7.87. The summed E-state index contributed by atoms with van der Waals surface area (Å²) >= 11 is 0. The molecule has 0 atom stereocenters. The van der Waals surface area contributed by atoms with E-state index in [0.29, 0.717) is 32.1 Å². The molecule has 0 saturated carbocycles. The van der Waals surface area contributed by atoms with Gasteiger partial charge in [-0.15, -0.1) is 0 Å². The van der Waals surface area contributed by atoms with Crippen LogP contribution in [0.3, 0.4) is 0 Å². The molecule has 1 aliphatic heterocycles. The van der Waals surface area contributed by atoms with E-state index in [2.05, 4.69) is 10.2 Å². The molecule has 27 heavy (non-hydrogen) atoms. The van der Waals surface area contributed by atoms with Crippen molar-refractivity contribution in [3.05, 3.63) is 30.3 Å². The molecule has 0 spiro atoms. The minimum absolute atomic E-state index is 0.00511. The Kier molecular flexibility index (Phi) is 9.03. The molecule has 1 aliphatic rings. The quantitative estimate of drug-likeness (QED) is 0.451. The lowest BCUT2D eigenvalue weighted by Crippen LogP contribution is -2.42. The third-order valence-corrected chi connectivity index (χ3v) is 5.68. The molecule has 0 aliphatic carbocycles. The van der Waals surface area contributed by atoms with Gasteiger partial charge in [-0.1, -0.05) is 18.2 Å². The van der Waals surface area contributed by atoms with Crippen molar-refractivity contribution in [2.75, 3.05) is 45.1 Å². The number of carbonyl (C=O) groups excluding carboxylic acids is 1. The monoisotopic (exact) mass is 398 g/mol. The zero-order valence-electron chi connectivity index (χ0n) is 15.9. The van der Waals surface area contributed by atoms with Gasteiger partial charge < -0.3 is 19.1 Å². The van der Waals surface area contributed by atoms with Crippen molar-refractivity contribution in [1.29, 1.82) is 0 Å². The van der Waals surface area contributed by atoms with Gasteiger partial charge in [-0.2, -0.15) is 8.42 Å². The summed E-state index contributed by atoms with van der Waals surface area (Å²) in [5.74, 6) is 0.366. The maximum absolute atomic E-state index is 12.2. The molecule has 1 amide bonds. The summed E-state index contributed by atoms with van der Waals surface area (Å²) in [5.41, 5.74) is 0. The molecular formula is C19H30N2O5S. The molecule has 1 aromatic carbocycles. The number of nitrogens with zero attached hydrogens (tertiary/aromatic N) is 1. The largest absolute Gasteiger partial charge is 0.382 e. The molecule has 1 heterocycles. The van der Waals surface area contributed by atoms with Crippen LogP contribution in [0.5, 0.6) is 5.75 Å². The molecule has 8 heteroatoms. The zero-order chi connectivity index (χ0) is 19.5. The number of nitrogens with one attached hydrogen (secondary N) is 1. The average Bonchev–Trinajstić information content (AvgIpc) is 2.67. The molecular weight excluding hydrogens is 368 g/mol. The number of carbonyl (C=O) groups is 1. The standard InChI is InChI=1S/C19H30N2O5S/c1-2-25-15-6-11-20-19(22)17-9-12-21(13-10-17)14-16-27(23,24)26-18-7-4-3-5-8-18/h3-5,7-8,17H,2,6,9-16H2,1H3,(H,20,22). The Labute approximate surface area is 162 Å². The minimum Gasteiger partial charge on any atom is -0.382 e. The van der Waals surface area contributed by atoms with Gasteiger partial charge in [0.15, 0.2) is 0 Å². The van der Waals surface area contributed by atoms with Gasteiger partial charge in [0, 0.05) is 32.2 Å². The van der Waals surface area contributed by atoms with Crippen molar-refractivity contribution in [2.45, 2.75) is 26.2 Å². The first kappa shape index (κ1) is 21.7. The van der Waals surface area contributed by atoms with Gasteiger partial charge in [0.25, 0.3) is 0 Å². The second-order valence-corrected chi connectivity index (χ2v) is 8.31. The number of piperidine rings is 1. The molecule has 2 rings (SSSR count). The fraction of sp³-hybridized carbons (Fsp3) is 0.632. The molecule has 1 fully saturated rings. The number of likely N-dealkylation sites (tertiary alicyclic amines) is 1. The SMILES string of the molecule is CCOCCCNC(=O)C1CCN(CCS(=O)(=O)Oc2ccccc2)CC1. The molecule has 7 nitrogen and oxygen atoms in total. The summed E-state index contributed by atoms with van der Waals surface area (Å²) in [6.07, 6.45) is 2.31. The van der Waals surface area contributed by atoms with Crippen molar-refractivity contribution in [2.24, 2.45) is 5.92 Å². The van der Waals surface area contributed by atoms with E-state index >= 15 is 0 Å². The summed E-state index contributed by atoms with van der Waals surface area (Å²) in [6.45, 7) is 5.79. The van der Waals surface area contributed by atoms with Crippen LogP contribution in [-0.4, -0.2) is 64.4 Å². The van der Waals surface area contributed by atoms with Crippen LogP contribution in [0, 0.1) is 5.92 Å². The first-order valence-electron chi connectivity index (χ1n) is 9.55. The molecule has 152 valence electrons. The summed E-state index contributed by atoms with van der Waals surface area (Å²) in [6, 6.07) is 8.51. The molecule has 1 N–H and O–H groups in total. The van der Waals surface area contributed by atoms with E-state index < -0.39 is 10.1 Å². The van der Waals surface area contributed by atoms with Crippen molar-refractivity contribution < 1.29 is 22.1 Å². The van der Waals surface area contributed by atoms with Crippen LogP contribution >= 0.6 is 0 Å². The van der Waals surface area contributed by atoms with Gasteiger partial charge in [-0.25, -0.2) is 0 Å². The van der Waals surface area contributed by atoms with Crippen LogP contribution in [0.15, 0.2) is 30.3 Å². The number of para-hydroxylation sites is 1. The maximum Gasteiger partial charge on any atom is 0.310 e. The van der Waals surface area contributed by atoms with Crippen LogP contribution < -0.4 is 9.50 Å². The summed E-state index contributed by atoms with van der Waals surface area (Å²) in [4.78, 5) is 14.2. The highest BCUT2D eigenvalue weighted by Crippen LogP contribution is 2.18. The fourth-order valence-electron chi connectivity index (χ4n) is 3.00. The Hall–Kier alpha value is -1.64. The average molecular weight is 399 g/mol. The summed E-state index contributed by atoms with van der Waals surface area (Å²) in [5, 5.41) is 2.96. The van der Waals surface area contributed by atoms with Crippen molar-refractivity contribution in [3.8, 4) is 5.75 Å².